The molecule has 6 nitrogen and oxygen atoms in total. The van der Waals surface area contributed by atoms with E-state index in [-0.39, 0.29) is 19.1 Å². The minimum atomic E-state index is -0.539. The third-order valence-electron chi connectivity index (χ3n) is 3.97. The van der Waals surface area contributed by atoms with Crippen molar-refractivity contribution in [1.29, 1.82) is 0 Å². The largest absolute Gasteiger partial charge is 0.484 e. The fourth-order valence-corrected chi connectivity index (χ4v) is 3.27. The number of nitrogens with one attached hydrogen (secondary N) is 1. The number of amides is 2. The number of ether oxygens (including phenoxy) is 1. The molecule has 3 aromatic rings. The molecule has 0 fully saturated rings. The van der Waals surface area contributed by atoms with Crippen molar-refractivity contribution in [1.82, 2.24) is 4.57 Å². The second-order valence-corrected chi connectivity index (χ2v) is 6.62. The summed E-state index contributed by atoms with van der Waals surface area (Å²) in [6.45, 7) is 2.00. The Hall–Kier alpha value is -2.80. The van der Waals surface area contributed by atoms with Gasteiger partial charge in [-0.3, -0.25) is 9.59 Å². The van der Waals surface area contributed by atoms with Crippen LogP contribution in [0.25, 0.3) is 10.9 Å². The monoisotopic (exact) mass is 415 g/mol. The Bertz CT molecular complexity index is 964. The summed E-state index contributed by atoms with van der Waals surface area (Å²) in [6.07, 6.45) is 0. The van der Waals surface area contributed by atoms with Crippen molar-refractivity contribution in [2.45, 2.75) is 13.5 Å². The molecule has 0 bridgehead atoms. The van der Waals surface area contributed by atoms with Crippen molar-refractivity contribution >= 4 is 44.3 Å². The third kappa shape index (κ3) is 3.88. The van der Waals surface area contributed by atoms with Crippen LogP contribution in [0.2, 0.25) is 0 Å². The molecule has 0 atom stereocenters. The lowest BCUT2D eigenvalue weighted by atomic mass is 10.2. The topological polar surface area (TPSA) is 86.3 Å². The zero-order chi connectivity index (χ0) is 18.7. The highest BCUT2D eigenvalue weighted by atomic mass is 79.9. The Labute approximate surface area is 159 Å². The molecule has 3 N–H and O–H groups in total. The van der Waals surface area contributed by atoms with Crippen LogP contribution in [-0.4, -0.2) is 23.0 Å². The first-order chi connectivity index (χ1) is 12.5. The van der Waals surface area contributed by atoms with E-state index in [1.807, 2.05) is 35.8 Å². The summed E-state index contributed by atoms with van der Waals surface area (Å²) in [4.78, 5) is 23.2. The highest BCUT2D eigenvalue weighted by Crippen LogP contribution is 2.30. The van der Waals surface area contributed by atoms with Crippen LogP contribution in [0.4, 0.5) is 5.69 Å². The molecule has 2 aromatic carbocycles. The average molecular weight is 416 g/mol. The minimum absolute atomic E-state index is 0.132. The third-order valence-corrected chi connectivity index (χ3v) is 4.98. The van der Waals surface area contributed by atoms with Gasteiger partial charge in [0.2, 0.25) is 5.91 Å². The normalized spacial score (nSPS) is 10.7. The Morgan fingerprint density at radius 2 is 1.85 bits per heavy atom. The van der Waals surface area contributed by atoms with Gasteiger partial charge in [-0.2, -0.15) is 0 Å². The fraction of sp³-hybridized carbons (Fsp3) is 0.158. The fourth-order valence-electron chi connectivity index (χ4n) is 2.73. The van der Waals surface area contributed by atoms with Gasteiger partial charge in [0.1, 0.15) is 12.3 Å². The lowest BCUT2D eigenvalue weighted by Gasteiger charge is -2.10. The second kappa shape index (κ2) is 7.61. The van der Waals surface area contributed by atoms with Gasteiger partial charge in [-0.05, 0) is 53.2 Å². The number of carbonyl (C=O) groups is 2. The Morgan fingerprint density at radius 3 is 2.54 bits per heavy atom. The molecule has 3 rings (SSSR count). The number of halogens is 1. The van der Waals surface area contributed by atoms with E-state index in [0.29, 0.717) is 11.4 Å². The van der Waals surface area contributed by atoms with Crippen LogP contribution in [0.15, 0.2) is 53.0 Å². The van der Waals surface area contributed by atoms with Crippen LogP contribution in [0.1, 0.15) is 5.69 Å². The maximum absolute atomic E-state index is 12.4. The second-order valence-electron chi connectivity index (χ2n) is 5.83. The molecular weight excluding hydrogens is 398 g/mol. The molecule has 1 aromatic heterocycles. The van der Waals surface area contributed by atoms with Gasteiger partial charge in [0.15, 0.2) is 6.61 Å². The summed E-state index contributed by atoms with van der Waals surface area (Å²) in [6, 6.07) is 14.7. The van der Waals surface area contributed by atoms with E-state index in [1.165, 1.54) is 0 Å². The number of primary amides is 1. The molecular formula is C19H18BrN3O3. The molecule has 0 aliphatic rings. The van der Waals surface area contributed by atoms with Gasteiger partial charge in [-0.25, -0.2) is 0 Å². The molecule has 134 valence electrons. The Morgan fingerprint density at radius 1 is 1.15 bits per heavy atom. The molecule has 0 aliphatic heterocycles. The molecule has 0 aliphatic carbocycles. The number of hydrogen-bond acceptors (Lipinski definition) is 3. The van der Waals surface area contributed by atoms with Crippen LogP contribution >= 0.6 is 15.9 Å². The number of para-hydroxylation sites is 1. The number of anilines is 1. The predicted molar refractivity (Wildman–Crippen MR) is 104 cm³/mol. The number of nitrogens with zero attached hydrogens (tertiary/aromatic N) is 1. The lowest BCUT2D eigenvalue weighted by molar-refractivity contribution is -0.120. The quantitative estimate of drug-likeness (QED) is 0.647. The van der Waals surface area contributed by atoms with Crippen molar-refractivity contribution in [3.8, 4) is 5.75 Å². The lowest BCUT2D eigenvalue weighted by Crippen LogP contribution is -2.20. The number of benzene rings is 2. The van der Waals surface area contributed by atoms with E-state index in [2.05, 4.69) is 21.2 Å². The van der Waals surface area contributed by atoms with E-state index in [9.17, 15) is 9.59 Å². The molecule has 0 radical (unpaired) electrons. The predicted octanol–water partition coefficient (Wildman–Crippen LogP) is 3.22. The number of nitrogens with two attached hydrogens (primary N) is 1. The number of carbonyl (C=O) groups excluding carboxylic acids is 2. The van der Waals surface area contributed by atoms with Crippen molar-refractivity contribution in [3.05, 3.63) is 58.7 Å². The van der Waals surface area contributed by atoms with Gasteiger partial charge >= 0.3 is 0 Å². The average Bonchev–Trinajstić information content (AvgIpc) is 2.86. The number of hydrogen-bond donors (Lipinski definition) is 2. The molecule has 26 heavy (non-hydrogen) atoms. The van der Waals surface area contributed by atoms with Gasteiger partial charge in [0.05, 0.1) is 0 Å². The maximum atomic E-state index is 12.4. The van der Waals surface area contributed by atoms with Crippen molar-refractivity contribution in [2.24, 2.45) is 5.73 Å². The first-order valence-electron chi connectivity index (χ1n) is 8.00. The summed E-state index contributed by atoms with van der Waals surface area (Å²) in [5.41, 5.74) is 7.68. The SMILES string of the molecule is Cc1c(Br)c2ccccc2n1CC(=O)Nc1ccc(OCC(N)=O)cc1. The van der Waals surface area contributed by atoms with E-state index in [0.717, 1.165) is 21.1 Å². The smallest absolute Gasteiger partial charge is 0.255 e. The van der Waals surface area contributed by atoms with E-state index in [1.54, 1.807) is 24.3 Å². The van der Waals surface area contributed by atoms with Crippen LogP contribution in [0, 0.1) is 6.92 Å². The molecule has 1 heterocycles. The van der Waals surface area contributed by atoms with E-state index >= 15 is 0 Å². The number of fused-ring (bicyclic) bond motifs is 1. The summed E-state index contributed by atoms with van der Waals surface area (Å²) >= 11 is 3.59. The summed E-state index contributed by atoms with van der Waals surface area (Å²) in [7, 11) is 0. The molecule has 2 amide bonds. The Kier molecular flexibility index (Phi) is 5.27. The van der Waals surface area contributed by atoms with Crippen LogP contribution < -0.4 is 15.8 Å². The van der Waals surface area contributed by atoms with Crippen molar-refractivity contribution < 1.29 is 14.3 Å². The molecule has 7 heteroatoms. The molecule has 0 unspecified atom stereocenters. The standard InChI is InChI=1S/C19H18BrN3O3/c1-12-19(20)15-4-2-3-5-16(15)23(12)10-18(25)22-13-6-8-14(9-7-13)26-11-17(21)24/h2-9H,10-11H2,1H3,(H2,21,24)(H,22,25). The zero-order valence-electron chi connectivity index (χ0n) is 14.2. The van der Waals surface area contributed by atoms with E-state index in [4.69, 9.17) is 10.5 Å². The number of aromatic nitrogens is 1. The van der Waals surface area contributed by atoms with Gasteiger partial charge < -0.3 is 20.4 Å². The van der Waals surface area contributed by atoms with Crippen LogP contribution in [0.5, 0.6) is 5.75 Å². The van der Waals surface area contributed by atoms with E-state index < -0.39 is 5.91 Å². The molecule has 0 spiro atoms. The highest BCUT2D eigenvalue weighted by Gasteiger charge is 2.14. The number of rotatable bonds is 6. The highest BCUT2D eigenvalue weighted by molar-refractivity contribution is 9.10. The van der Waals surface area contributed by atoms with Gasteiger partial charge in [0.25, 0.3) is 5.91 Å². The minimum Gasteiger partial charge on any atom is -0.484 e. The zero-order valence-corrected chi connectivity index (χ0v) is 15.7. The van der Waals surface area contributed by atoms with Gasteiger partial charge in [0, 0.05) is 26.8 Å². The van der Waals surface area contributed by atoms with Crippen LogP contribution in [-0.2, 0) is 16.1 Å². The Balaban J connectivity index is 1.70. The van der Waals surface area contributed by atoms with Crippen molar-refractivity contribution in [3.63, 3.8) is 0 Å². The maximum Gasteiger partial charge on any atom is 0.255 e. The van der Waals surface area contributed by atoms with Gasteiger partial charge in [-0.1, -0.05) is 18.2 Å². The first kappa shape index (κ1) is 18.0. The van der Waals surface area contributed by atoms with Crippen molar-refractivity contribution in [2.75, 3.05) is 11.9 Å². The molecule has 0 saturated heterocycles. The summed E-state index contributed by atoms with van der Waals surface area (Å²) in [5.74, 6) is -0.159. The molecule has 0 saturated carbocycles. The van der Waals surface area contributed by atoms with Gasteiger partial charge in [-0.15, -0.1) is 0 Å². The first-order valence-corrected chi connectivity index (χ1v) is 8.79. The van der Waals surface area contributed by atoms with Crippen LogP contribution in [0.3, 0.4) is 0 Å². The summed E-state index contributed by atoms with van der Waals surface area (Å²) < 4.78 is 8.16. The summed E-state index contributed by atoms with van der Waals surface area (Å²) in [5, 5.41) is 3.94.